The Morgan fingerprint density at radius 3 is 2.50 bits per heavy atom. The second kappa shape index (κ2) is 3.00. The monoisotopic (exact) mass is 170 g/mol. The third-order valence-corrected chi connectivity index (χ3v) is 3.80. The Balaban J connectivity index is 2.12. The molecule has 0 aliphatic heterocycles. The molecule has 2 fully saturated rings. The summed E-state index contributed by atoms with van der Waals surface area (Å²) in [6.45, 7) is 0.271. The first kappa shape index (κ1) is 8.52. The number of aliphatic hydroxyl groups excluding tert-OH is 1. The van der Waals surface area contributed by atoms with Crippen LogP contribution in [0.5, 0.6) is 0 Å². The fraction of sp³-hybridized carbons (Fsp3) is 1.00. The average Bonchev–Trinajstić information content (AvgIpc) is 2.45. The summed E-state index contributed by atoms with van der Waals surface area (Å²) >= 11 is 0. The Bertz CT molecular complexity index is 169. The molecule has 3 atom stereocenters. The van der Waals surface area contributed by atoms with Gasteiger partial charge in [-0.05, 0) is 37.5 Å². The highest BCUT2D eigenvalue weighted by atomic mass is 16.3. The van der Waals surface area contributed by atoms with Crippen molar-refractivity contribution < 1.29 is 10.2 Å². The van der Waals surface area contributed by atoms with Crippen LogP contribution >= 0.6 is 0 Å². The summed E-state index contributed by atoms with van der Waals surface area (Å²) < 4.78 is 0. The SMILES string of the molecule is OCC1CCC[C@]2(O)CCC[C@H]12. The van der Waals surface area contributed by atoms with E-state index in [1.807, 2.05) is 0 Å². The molecule has 0 aromatic rings. The Morgan fingerprint density at radius 2 is 1.83 bits per heavy atom. The Morgan fingerprint density at radius 1 is 1.17 bits per heavy atom. The van der Waals surface area contributed by atoms with E-state index in [9.17, 15) is 5.11 Å². The van der Waals surface area contributed by atoms with Crippen LogP contribution in [0.25, 0.3) is 0 Å². The van der Waals surface area contributed by atoms with Crippen molar-refractivity contribution in [2.45, 2.75) is 44.1 Å². The highest BCUT2D eigenvalue weighted by molar-refractivity contribution is 4.98. The van der Waals surface area contributed by atoms with Gasteiger partial charge in [0.25, 0.3) is 0 Å². The molecular weight excluding hydrogens is 152 g/mol. The molecule has 2 aliphatic carbocycles. The van der Waals surface area contributed by atoms with Crippen LogP contribution in [0.2, 0.25) is 0 Å². The van der Waals surface area contributed by atoms with Gasteiger partial charge in [0.15, 0.2) is 0 Å². The number of rotatable bonds is 1. The van der Waals surface area contributed by atoms with Crippen LogP contribution in [0.4, 0.5) is 0 Å². The second-order valence-electron chi connectivity index (χ2n) is 4.44. The molecular formula is C10H18O2. The number of hydrogen-bond donors (Lipinski definition) is 2. The molecule has 0 aromatic heterocycles. The third kappa shape index (κ3) is 1.17. The van der Waals surface area contributed by atoms with Crippen LogP contribution in [-0.4, -0.2) is 22.4 Å². The van der Waals surface area contributed by atoms with E-state index in [4.69, 9.17) is 5.11 Å². The van der Waals surface area contributed by atoms with Gasteiger partial charge in [-0.1, -0.05) is 12.8 Å². The Kier molecular flexibility index (Phi) is 2.13. The van der Waals surface area contributed by atoms with Crippen molar-refractivity contribution in [3.8, 4) is 0 Å². The molecule has 0 radical (unpaired) electrons. The van der Waals surface area contributed by atoms with Gasteiger partial charge >= 0.3 is 0 Å². The molecule has 0 bridgehead atoms. The van der Waals surface area contributed by atoms with Crippen LogP contribution in [0.15, 0.2) is 0 Å². The van der Waals surface area contributed by atoms with Crippen molar-refractivity contribution in [3.63, 3.8) is 0 Å². The van der Waals surface area contributed by atoms with Gasteiger partial charge in [-0.25, -0.2) is 0 Å². The lowest BCUT2D eigenvalue weighted by Gasteiger charge is -2.39. The van der Waals surface area contributed by atoms with Gasteiger partial charge in [0, 0.05) is 6.61 Å². The van der Waals surface area contributed by atoms with Crippen molar-refractivity contribution in [3.05, 3.63) is 0 Å². The maximum atomic E-state index is 10.2. The fourth-order valence-corrected chi connectivity index (χ4v) is 3.16. The average molecular weight is 170 g/mol. The maximum absolute atomic E-state index is 10.2. The van der Waals surface area contributed by atoms with Gasteiger partial charge in [-0.3, -0.25) is 0 Å². The molecule has 0 saturated heterocycles. The Labute approximate surface area is 73.6 Å². The van der Waals surface area contributed by atoms with Crippen molar-refractivity contribution in [1.29, 1.82) is 0 Å². The normalized spacial score (nSPS) is 47.5. The third-order valence-electron chi connectivity index (χ3n) is 3.80. The van der Waals surface area contributed by atoms with E-state index >= 15 is 0 Å². The standard InChI is InChI=1S/C10H18O2/c11-7-8-3-1-5-10(12)6-2-4-9(8)10/h8-9,11-12H,1-7H2/t8?,9-,10+/m1/s1. The number of hydrogen-bond acceptors (Lipinski definition) is 2. The molecule has 2 N–H and O–H groups in total. The van der Waals surface area contributed by atoms with Crippen molar-refractivity contribution in [2.24, 2.45) is 11.8 Å². The van der Waals surface area contributed by atoms with Crippen LogP contribution in [0.3, 0.4) is 0 Å². The molecule has 12 heavy (non-hydrogen) atoms. The molecule has 2 nitrogen and oxygen atoms in total. The number of fused-ring (bicyclic) bond motifs is 1. The van der Waals surface area contributed by atoms with E-state index in [1.165, 1.54) is 0 Å². The first-order chi connectivity index (χ1) is 5.76. The van der Waals surface area contributed by atoms with Gasteiger partial charge < -0.3 is 10.2 Å². The smallest absolute Gasteiger partial charge is 0.0679 e. The second-order valence-corrected chi connectivity index (χ2v) is 4.44. The quantitative estimate of drug-likeness (QED) is 0.623. The zero-order chi connectivity index (χ0) is 8.60. The van der Waals surface area contributed by atoms with E-state index < -0.39 is 5.60 Å². The predicted molar refractivity (Wildman–Crippen MR) is 46.7 cm³/mol. The minimum Gasteiger partial charge on any atom is -0.396 e. The van der Waals surface area contributed by atoms with Gasteiger partial charge in [-0.2, -0.15) is 0 Å². The van der Waals surface area contributed by atoms with E-state index in [2.05, 4.69) is 0 Å². The lowest BCUT2D eigenvalue weighted by Crippen LogP contribution is -2.42. The number of aliphatic hydroxyl groups is 2. The van der Waals surface area contributed by atoms with Gasteiger partial charge in [0.2, 0.25) is 0 Å². The highest BCUT2D eigenvalue weighted by Gasteiger charge is 2.46. The maximum Gasteiger partial charge on any atom is 0.0679 e. The molecule has 1 unspecified atom stereocenters. The van der Waals surface area contributed by atoms with E-state index in [0.717, 1.165) is 38.5 Å². The summed E-state index contributed by atoms with van der Waals surface area (Å²) in [4.78, 5) is 0. The van der Waals surface area contributed by atoms with E-state index in [0.29, 0.717) is 11.8 Å². The topological polar surface area (TPSA) is 40.5 Å². The van der Waals surface area contributed by atoms with Crippen LogP contribution in [-0.2, 0) is 0 Å². The zero-order valence-corrected chi connectivity index (χ0v) is 7.50. The lowest BCUT2D eigenvalue weighted by atomic mass is 9.71. The lowest BCUT2D eigenvalue weighted by molar-refractivity contribution is -0.0634. The Hall–Kier alpha value is -0.0800. The zero-order valence-electron chi connectivity index (χ0n) is 7.50. The predicted octanol–water partition coefficient (Wildman–Crippen LogP) is 1.31. The van der Waals surface area contributed by atoms with Crippen molar-refractivity contribution >= 4 is 0 Å². The van der Waals surface area contributed by atoms with Gasteiger partial charge in [-0.15, -0.1) is 0 Å². The molecule has 0 heterocycles. The molecule has 70 valence electrons. The fourth-order valence-electron chi connectivity index (χ4n) is 3.16. The minimum absolute atomic E-state index is 0.271. The minimum atomic E-state index is -0.397. The molecule has 2 saturated carbocycles. The first-order valence-corrected chi connectivity index (χ1v) is 5.09. The summed E-state index contributed by atoms with van der Waals surface area (Å²) in [6.07, 6.45) is 6.42. The molecule has 0 amide bonds. The molecule has 2 rings (SSSR count). The summed E-state index contributed by atoms with van der Waals surface area (Å²) in [7, 11) is 0. The molecule has 2 heteroatoms. The van der Waals surface area contributed by atoms with Crippen molar-refractivity contribution in [1.82, 2.24) is 0 Å². The summed E-state index contributed by atoms with van der Waals surface area (Å²) in [5.74, 6) is 0.780. The first-order valence-electron chi connectivity index (χ1n) is 5.09. The summed E-state index contributed by atoms with van der Waals surface area (Å²) in [5, 5.41) is 19.3. The highest BCUT2D eigenvalue weighted by Crippen LogP contribution is 2.48. The van der Waals surface area contributed by atoms with E-state index in [1.54, 1.807) is 0 Å². The molecule has 0 aromatic carbocycles. The molecule has 2 aliphatic rings. The van der Waals surface area contributed by atoms with Crippen LogP contribution < -0.4 is 0 Å². The summed E-state index contributed by atoms with van der Waals surface area (Å²) in [6, 6.07) is 0. The van der Waals surface area contributed by atoms with E-state index in [-0.39, 0.29) is 6.61 Å². The van der Waals surface area contributed by atoms with Crippen molar-refractivity contribution in [2.75, 3.05) is 6.61 Å². The van der Waals surface area contributed by atoms with Gasteiger partial charge in [0.1, 0.15) is 0 Å². The van der Waals surface area contributed by atoms with Gasteiger partial charge in [0.05, 0.1) is 5.60 Å². The largest absolute Gasteiger partial charge is 0.396 e. The molecule has 0 spiro atoms. The van der Waals surface area contributed by atoms with Crippen LogP contribution in [0.1, 0.15) is 38.5 Å². The van der Waals surface area contributed by atoms with Crippen LogP contribution in [0, 0.1) is 11.8 Å². The summed E-state index contributed by atoms with van der Waals surface area (Å²) in [5.41, 5.74) is -0.397.